The van der Waals surface area contributed by atoms with Gasteiger partial charge in [-0.2, -0.15) is 0 Å². The number of carbonyl (C=O) groups excluding carboxylic acids is 4. The number of hydrogen-bond acceptors (Lipinski definition) is 14. The van der Waals surface area contributed by atoms with Crippen molar-refractivity contribution in [1.82, 2.24) is 0 Å². The molecule has 0 aromatic rings. The summed E-state index contributed by atoms with van der Waals surface area (Å²) >= 11 is 0. The van der Waals surface area contributed by atoms with Crippen LogP contribution in [0.3, 0.4) is 0 Å². The number of phosphoric ester groups is 1. The van der Waals surface area contributed by atoms with Gasteiger partial charge in [0.05, 0.1) is 39.3 Å². The predicted octanol–water partition coefficient (Wildman–Crippen LogP) is 4.57. The van der Waals surface area contributed by atoms with Gasteiger partial charge in [0.15, 0.2) is 12.2 Å². The molecule has 2 N–H and O–H groups in total. The fraction of sp³-hybridized carbons (Fsp3) is 0.900. The Morgan fingerprint density at radius 1 is 0.464 bits per heavy atom. The fourth-order valence-corrected chi connectivity index (χ4v) is 6.45. The first-order chi connectivity index (χ1) is 26.6. The van der Waals surface area contributed by atoms with E-state index in [2.05, 4.69) is 13.8 Å². The van der Waals surface area contributed by atoms with Crippen molar-refractivity contribution in [1.29, 1.82) is 0 Å². The van der Waals surface area contributed by atoms with E-state index in [0.717, 1.165) is 38.5 Å². The van der Waals surface area contributed by atoms with Gasteiger partial charge >= 0.3 is 53.4 Å². The zero-order valence-corrected chi connectivity index (χ0v) is 37.9. The number of ether oxygens (including phenoxy) is 4. The molecule has 14 nitrogen and oxygen atoms in total. The second kappa shape index (κ2) is 40.7. The summed E-state index contributed by atoms with van der Waals surface area (Å²) < 4.78 is 43.2. The first kappa shape index (κ1) is 57.0. The predicted molar refractivity (Wildman–Crippen MR) is 207 cm³/mol. The molecule has 0 radical (unpaired) electrons. The van der Waals surface area contributed by atoms with Gasteiger partial charge in [0.1, 0.15) is 13.2 Å². The molecule has 0 fully saturated rings. The quantitative estimate of drug-likeness (QED) is 0.0286. The molecule has 0 aliphatic rings. The first-order valence-electron chi connectivity index (χ1n) is 21.1. The average molecular weight is 833 g/mol. The number of rotatable bonds is 40. The van der Waals surface area contributed by atoms with Gasteiger partial charge in [-0.1, -0.05) is 142 Å². The number of aliphatic hydroxyl groups excluding tert-OH is 2. The van der Waals surface area contributed by atoms with Gasteiger partial charge in [0, 0.05) is 12.8 Å². The van der Waals surface area contributed by atoms with Crippen molar-refractivity contribution in [2.45, 2.75) is 193 Å². The van der Waals surface area contributed by atoms with Gasteiger partial charge in [-0.15, -0.1) is 0 Å². The number of aliphatic hydroxyl groups is 2. The normalized spacial score (nSPS) is 13.2. The molecule has 0 saturated heterocycles. The molecule has 2 unspecified atom stereocenters. The van der Waals surface area contributed by atoms with Gasteiger partial charge in [-0.25, -0.2) is 0 Å². The van der Waals surface area contributed by atoms with E-state index in [1.165, 1.54) is 89.9 Å². The summed E-state index contributed by atoms with van der Waals surface area (Å²) in [5.74, 6) is -2.78. The van der Waals surface area contributed by atoms with Crippen LogP contribution in [0.15, 0.2) is 0 Å². The minimum absolute atomic E-state index is 0. The van der Waals surface area contributed by atoms with Crippen molar-refractivity contribution in [3.63, 3.8) is 0 Å². The Bertz CT molecular complexity index is 1020. The average Bonchev–Trinajstić information content (AvgIpc) is 3.15. The standard InChI is InChI=1S/C40H75O14P.Na/c1-3-5-7-9-11-13-15-17-19-21-23-25-37(43)49-31-35(53-39(45)26-24-22-20-18-16-14-12-10-8-6-4-2)33-51-55(47,48)52-34-36(54-40(46)28-30-42)32-50-38(44)27-29-41;/h35-36,41-42H,3-34H2,1-2H3,(H,47,48);/q;+1/p-1/t35-,36?;/m1./s1. The van der Waals surface area contributed by atoms with Crippen LogP contribution < -0.4 is 34.5 Å². The maximum absolute atomic E-state index is 12.7. The number of hydrogen-bond donors (Lipinski definition) is 2. The molecular weight excluding hydrogens is 758 g/mol. The van der Waals surface area contributed by atoms with Crippen LogP contribution in [0.4, 0.5) is 0 Å². The largest absolute Gasteiger partial charge is 1.00 e. The number of esters is 4. The van der Waals surface area contributed by atoms with Crippen molar-refractivity contribution < 1.29 is 96.4 Å². The third kappa shape index (κ3) is 38.4. The first-order valence-corrected chi connectivity index (χ1v) is 22.5. The molecule has 324 valence electrons. The summed E-state index contributed by atoms with van der Waals surface area (Å²) in [5.41, 5.74) is 0. The van der Waals surface area contributed by atoms with Crippen molar-refractivity contribution >= 4 is 31.7 Å². The molecule has 0 aliphatic carbocycles. The van der Waals surface area contributed by atoms with Crippen LogP contribution in [-0.2, 0) is 51.7 Å². The third-order valence-corrected chi connectivity index (χ3v) is 9.83. The monoisotopic (exact) mass is 832 g/mol. The molecule has 16 heteroatoms. The summed E-state index contributed by atoms with van der Waals surface area (Å²) in [7, 11) is -5.10. The Morgan fingerprint density at radius 3 is 1.11 bits per heavy atom. The number of unbranched alkanes of at least 4 members (excludes halogenated alkanes) is 20. The smallest absolute Gasteiger partial charge is 0.756 e. The van der Waals surface area contributed by atoms with E-state index in [9.17, 15) is 28.6 Å². The van der Waals surface area contributed by atoms with E-state index in [-0.39, 0.29) is 48.8 Å². The molecule has 0 bridgehead atoms. The Labute approximate surface area is 359 Å². The van der Waals surface area contributed by atoms with Crippen LogP contribution in [0.2, 0.25) is 0 Å². The van der Waals surface area contributed by atoms with Crippen molar-refractivity contribution in [3.05, 3.63) is 0 Å². The zero-order chi connectivity index (χ0) is 40.8. The van der Waals surface area contributed by atoms with Gasteiger partial charge < -0.3 is 43.1 Å². The van der Waals surface area contributed by atoms with Gasteiger partial charge in [0.25, 0.3) is 7.82 Å². The van der Waals surface area contributed by atoms with Crippen LogP contribution in [-0.4, -0.2) is 85.9 Å². The summed E-state index contributed by atoms with van der Waals surface area (Å²) in [6.45, 7) is 0.929. The summed E-state index contributed by atoms with van der Waals surface area (Å²) in [5, 5.41) is 17.9. The molecule has 0 rings (SSSR count). The second-order valence-corrected chi connectivity index (χ2v) is 15.6. The molecule has 3 atom stereocenters. The molecule has 0 spiro atoms. The summed E-state index contributed by atoms with van der Waals surface area (Å²) in [6.07, 6.45) is 21.7. The van der Waals surface area contributed by atoms with Crippen LogP contribution in [0, 0.1) is 0 Å². The van der Waals surface area contributed by atoms with E-state index in [1.54, 1.807) is 0 Å². The van der Waals surface area contributed by atoms with E-state index >= 15 is 0 Å². The van der Waals surface area contributed by atoms with Gasteiger partial charge in [-0.05, 0) is 12.8 Å². The SMILES string of the molecule is CCCCCCCCCCCCCC(=O)OC[C@H](COP(=O)([O-])OCC(COC(=O)CCO)OC(=O)CCO)OC(=O)CCCCCCCCCCCCC.[Na+]. The second-order valence-electron chi connectivity index (χ2n) is 14.1. The Kier molecular flexibility index (Phi) is 41.4. The van der Waals surface area contributed by atoms with Crippen molar-refractivity contribution in [2.24, 2.45) is 0 Å². The summed E-state index contributed by atoms with van der Waals surface area (Å²) in [4.78, 5) is 61.3. The molecule has 56 heavy (non-hydrogen) atoms. The third-order valence-electron chi connectivity index (χ3n) is 8.89. The Morgan fingerprint density at radius 2 is 0.750 bits per heavy atom. The zero-order valence-electron chi connectivity index (χ0n) is 35.0. The minimum atomic E-state index is -5.10. The van der Waals surface area contributed by atoms with Crippen LogP contribution >= 0.6 is 7.82 Å². The Balaban J connectivity index is 0. The molecule has 0 heterocycles. The molecule has 0 aromatic carbocycles. The van der Waals surface area contributed by atoms with Gasteiger partial charge in [-0.3, -0.25) is 23.7 Å². The minimum Gasteiger partial charge on any atom is -0.756 e. The maximum atomic E-state index is 12.7. The fourth-order valence-electron chi connectivity index (χ4n) is 5.67. The molecule has 0 amide bonds. The van der Waals surface area contributed by atoms with Crippen molar-refractivity contribution in [3.8, 4) is 0 Å². The van der Waals surface area contributed by atoms with Crippen molar-refractivity contribution in [2.75, 3.05) is 39.6 Å². The number of phosphoric acid groups is 1. The molecular formula is C40H74NaO14P. The van der Waals surface area contributed by atoms with Crippen LogP contribution in [0.1, 0.15) is 181 Å². The molecule has 0 saturated carbocycles. The maximum Gasteiger partial charge on any atom is 1.00 e. The molecule has 0 aromatic heterocycles. The topological polar surface area (TPSA) is 204 Å². The van der Waals surface area contributed by atoms with Gasteiger partial charge in [0.2, 0.25) is 0 Å². The van der Waals surface area contributed by atoms with E-state index in [0.29, 0.717) is 12.8 Å². The van der Waals surface area contributed by atoms with E-state index < -0.39 is 90.0 Å². The van der Waals surface area contributed by atoms with E-state index in [4.69, 9.17) is 38.2 Å². The molecule has 0 aliphatic heterocycles. The van der Waals surface area contributed by atoms with E-state index in [1.807, 2.05) is 0 Å². The van der Waals surface area contributed by atoms with Crippen LogP contribution in [0.5, 0.6) is 0 Å². The van der Waals surface area contributed by atoms with Crippen LogP contribution in [0.25, 0.3) is 0 Å². The summed E-state index contributed by atoms with van der Waals surface area (Å²) in [6, 6.07) is 0. The number of carbonyl (C=O) groups is 4. The Hall–Kier alpha value is -1.09.